The Morgan fingerprint density at radius 1 is 1.12 bits per heavy atom. The normalized spacial score (nSPS) is 13.7. The molecule has 1 fully saturated rings. The average Bonchev–Trinajstić information content (AvgIpc) is 3.04. The first-order chi connectivity index (χ1) is 12.5. The van der Waals surface area contributed by atoms with Crippen LogP contribution in [-0.4, -0.2) is 35.8 Å². The second kappa shape index (κ2) is 7.70. The molecule has 2 aromatic carbocycles. The van der Waals surface area contributed by atoms with Gasteiger partial charge in [0.15, 0.2) is 0 Å². The van der Waals surface area contributed by atoms with Crippen molar-refractivity contribution in [1.29, 1.82) is 0 Å². The molecule has 3 rings (SSSR count). The number of halogens is 1. The van der Waals surface area contributed by atoms with Crippen molar-refractivity contribution in [1.82, 2.24) is 4.90 Å². The number of anilines is 1. The topological polar surface area (TPSA) is 83.7 Å². The number of carbonyl (C=O) groups excluding carboxylic acids is 3. The first-order valence-corrected chi connectivity index (χ1v) is 9.00. The van der Waals surface area contributed by atoms with Gasteiger partial charge in [0, 0.05) is 34.3 Å². The number of hydrogen-bond donors (Lipinski definition) is 1. The number of carbonyl (C=O) groups is 3. The highest BCUT2D eigenvalue weighted by Gasteiger charge is 2.26. The molecule has 0 aliphatic carbocycles. The van der Waals surface area contributed by atoms with Gasteiger partial charge in [0.2, 0.25) is 11.8 Å². The summed E-state index contributed by atoms with van der Waals surface area (Å²) in [5, 5.41) is 0. The lowest BCUT2D eigenvalue weighted by atomic mass is 10.1. The summed E-state index contributed by atoms with van der Waals surface area (Å²) in [5.41, 5.74) is 6.74. The maximum atomic E-state index is 13.1. The third kappa shape index (κ3) is 3.94. The molecule has 1 aliphatic heterocycles. The van der Waals surface area contributed by atoms with Crippen LogP contribution in [0.3, 0.4) is 0 Å². The van der Waals surface area contributed by atoms with Gasteiger partial charge in [-0.15, -0.1) is 0 Å². The van der Waals surface area contributed by atoms with E-state index in [1.165, 1.54) is 4.90 Å². The predicted molar refractivity (Wildman–Crippen MR) is 102 cm³/mol. The van der Waals surface area contributed by atoms with E-state index in [0.717, 1.165) is 10.9 Å². The Labute approximate surface area is 159 Å². The molecule has 2 N–H and O–H groups in total. The molecule has 7 heteroatoms. The Morgan fingerprint density at radius 3 is 2.42 bits per heavy atom. The average molecular weight is 416 g/mol. The fourth-order valence-electron chi connectivity index (χ4n) is 2.87. The summed E-state index contributed by atoms with van der Waals surface area (Å²) in [4.78, 5) is 39.6. The van der Waals surface area contributed by atoms with Gasteiger partial charge >= 0.3 is 0 Å². The number of likely N-dealkylation sites (tertiary alicyclic amines) is 1. The standard InChI is InChI=1S/C19H18BrN3O3/c20-15-4-1-3-14(11-15)19(26)23(12-22-10-2-5-17(22)24)16-8-6-13(7-9-16)18(21)25/h1,3-4,6-9,11H,2,5,10,12H2,(H2,21,25). The van der Waals surface area contributed by atoms with Crippen molar-refractivity contribution in [3.05, 3.63) is 64.1 Å². The van der Waals surface area contributed by atoms with Crippen molar-refractivity contribution in [2.24, 2.45) is 5.73 Å². The number of benzene rings is 2. The molecule has 1 heterocycles. The largest absolute Gasteiger partial charge is 0.366 e. The van der Waals surface area contributed by atoms with E-state index in [-0.39, 0.29) is 18.5 Å². The van der Waals surface area contributed by atoms with E-state index in [1.54, 1.807) is 47.4 Å². The maximum absolute atomic E-state index is 13.1. The Kier molecular flexibility index (Phi) is 5.37. The monoisotopic (exact) mass is 415 g/mol. The van der Waals surface area contributed by atoms with Crippen LogP contribution in [0.5, 0.6) is 0 Å². The van der Waals surface area contributed by atoms with Crippen LogP contribution in [0.15, 0.2) is 53.0 Å². The van der Waals surface area contributed by atoms with Crippen molar-refractivity contribution in [3.8, 4) is 0 Å². The smallest absolute Gasteiger partial charge is 0.259 e. The molecule has 0 spiro atoms. The first-order valence-electron chi connectivity index (χ1n) is 8.21. The van der Waals surface area contributed by atoms with Crippen LogP contribution in [-0.2, 0) is 4.79 Å². The van der Waals surface area contributed by atoms with Crippen LogP contribution in [0.2, 0.25) is 0 Å². The molecule has 2 aromatic rings. The molecule has 0 atom stereocenters. The summed E-state index contributed by atoms with van der Waals surface area (Å²) < 4.78 is 0.796. The fourth-order valence-corrected chi connectivity index (χ4v) is 3.27. The lowest BCUT2D eigenvalue weighted by molar-refractivity contribution is -0.127. The summed E-state index contributed by atoms with van der Waals surface area (Å²) in [6, 6.07) is 13.6. The molecule has 134 valence electrons. The minimum absolute atomic E-state index is 0.0331. The van der Waals surface area contributed by atoms with E-state index in [9.17, 15) is 14.4 Å². The number of hydrogen-bond acceptors (Lipinski definition) is 3. The Balaban J connectivity index is 1.94. The van der Waals surface area contributed by atoms with Gasteiger partial charge in [0.25, 0.3) is 5.91 Å². The Hall–Kier alpha value is -2.67. The molecule has 0 saturated carbocycles. The van der Waals surface area contributed by atoms with Crippen LogP contribution >= 0.6 is 15.9 Å². The van der Waals surface area contributed by atoms with Crippen molar-refractivity contribution >= 4 is 39.3 Å². The van der Waals surface area contributed by atoms with Crippen LogP contribution in [0.25, 0.3) is 0 Å². The van der Waals surface area contributed by atoms with E-state index < -0.39 is 5.91 Å². The van der Waals surface area contributed by atoms with Crippen LogP contribution in [0.1, 0.15) is 33.6 Å². The second-order valence-electron chi connectivity index (χ2n) is 6.06. The SMILES string of the molecule is NC(=O)c1ccc(N(CN2CCCC2=O)C(=O)c2cccc(Br)c2)cc1. The van der Waals surface area contributed by atoms with Gasteiger partial charge < -0.3 is 10.6 Å². The summed E-state index contributed by atoms with van der Waals surface area (Å²) in [6.45, 7) is 0.792. The highest BCUT2D eigenvalue weighted by Crippen LogP contribution is 2.22. The van der Waals surface area contributed by atoms with Crippen molar-refractivity contribution in [2.75, 3.05) is 18.1 Å². The lowest BCUT2D eigenvalue weighted by Crippen LogP contribution is -2.42. The number of rotatable bonds is 5. The molecule has 0 aromatic heterocycles. The minimum Gasteiger partial charge on any atom is -0.366 e. The zero-order valence-electron chi connectivity index (χ0n) is 14.0. The lowest BCUT2D eigenvalue weighted by Gasteiger charge is -2.28. The Morgan fingerprint density at radius 2 is 1.85 bits per heavy atom. The van der Waals surface area contributed by atoms with Gasteiger partial charge in [0.1, 0.15) is 6.67 Å². The van der Waals surface area contributed by atoms with E-state index in [0.29, 0.717) is 29.8 Å². The highest BCUT2D eigenvalue weighted by atomic mass is 79.9. The molecule has 0 radical (unpaired) electrons. The molecule has 6 nitrogen and oxygen atoms in total. The highest BCUT2D eigenvalue weighted by molar-refractivity contribution is 9.10. The molecule has 1 saturated heterocycles. The molecular weight excluding hydrogens is 398 g/mol. The summed E-state index contributed by atoms with van der Waals surface area (Å²) in [6.07, 6.45) is 1.29. The van der Waals surface area contributed by atoms with E-state index >= 15 is 0 Å². The third-order valence-corrected chi connectivity index (χ3v) is 4.76. The van der Waals surface area contributed by atoms with E-state index in [2.05, 4.69) is 15.9 Å². The van der Waals surface area contributed by atoms with Gasteiger partial charge in [-0.1, -0.05) is 22.0 Å². The Bertz CT molecular complexity index is 851. The van der Waals surface area contributed by atoms with Crippen molar-refractivity contribution in [2.45, 2.75) is 12.8 Å². The number of amides is 3. The van der Waals surface area contributed by atoms with E-state index in [1.807, 2.05) is 6.07 Å². The molecule has 0 bridgehead atoms. The fraction of sp³-hybridized carbons (Fsp3) is 0.211. The molecule has 1 aliphatic rings. The van der Waals surface area contributed by atoms with Crippen molar-refractivity contribution < 1.29 is 14.4 Å². The van der Waals surface area contributed by atoms with Gasteiger partial charge in [-0.2, -0.15) is 0 Å². The second-order valence-corrected chi connectivity index (χ2v) is 6.97. The first kappa shape index (κ1) is 18.1. The molecular formula is C19H18BrN3O3. The third-order valence-electron chi connectivity index (χ3n) is 4.26. The number of primary amides is 1. The minimum atomic E-state index is -0.531. The van der Waals surface area contributed by atoms with Gasteiger partial charge in [-0.25, -0.2) is 0 Å². The summed E-state index contributed by atoms with van der Waals surface area (Å²) in [5.74, 6) is -0.722. The van der Waals surface area contributed by atoms with Crippen LogP contribution in [0.4, 0.5) is 5.69 Å². The van der Waals surface area contributed by atoms with Gasteiger partial charge in [-0.05, 0) is 48.9 Å². The maximum Gasteiger partial charge on any atom is 0.259 e. The van der Waals surface area contributed by atoms with Crippen molar-refractivity contribution in [3.63, 3.8) is 0 Å². The predicted octanol–water partition coefficient (Wildman–Crippen LogP) is 2.77. The number of nitrogens with zero attached hydrogens (tertiary/aromatic N) is 2. The quantitative estimate of drug-likeness (QED) is 0.814. The number of nitrogens with two attached hydrogens (primary N) is 1. The van der Waals surface area contributed by atoms with Crippen LogP contribution in [0, 0.1) is 0 Å². The van der Waals surface area contributed by atoms with Gasteiger partial charge in [0.05, 0.1) is 0 Å². The zero-order chi connectivity index (χ0) is 18.7. The van der Waals surface area contributed by atoms with Crippen LogP contribution < -0.4 is 10.6 Å². The van der Waals surface area contributed by atoms with Gasteiger partial charge in [-0.3, -0.25) is 19.3 Å². The summed E-state index contributed by atoms with van der Waals surface area (Å²) in [7, 11) is 0. The summed E-state index contributed by atoms with van der Waals surface area (Å²) >= 11 is 3.37. The molecule has 26 heavy (non-hydrogen) atoms. The molecule has 0 unspecified atom stereocenters. The van der Waals surface area contributed by atoms with E-state index in [4.69, 9.17) is 5.73 Å². The zero-order valence-corrected chi connectivity index (χ0v) is 15.6. The molecule has 3 amide bonds.